The summed E-state index contributed by atoms with van der Waals surface area (Å²) in [5.41, 5.74) is 0.552. The summed E-state index contributed by atoms with van der Waals surface area (Å²) in [4.78, 5) is 2.59. The molecule has 76 valence electrons. The smallest absolute Gasteiger partial charge is 0.0541 e. The molecule has 1 aliphatic carbocycles. The molecule has 0 aromatic heterocycles. The second-order valence-corrected chi connectivity index (χ2v) is 5.53. The Kier molecular flexibility index (Phi) is 2.37. The van der Waals surface area contributed by atoms with Gasteiger partial charge in [0.1, 0.15) is 0 Å². The first-order chi connectivity index (χ1) is 6.07. The molecule has 0 amide bonds. The van der Waals surface area contributed by atoms with Crippen molar-refractivity contribution in [1.82, 2.24) is 4.90 Å². The van der Waals surface area contributed by atoms with Crippen LogP contribution in [-0.4, -0.2) is 35.2 Å². The number of rotatable bonds is 1. The van der Waals surface area contributed by atoms with Crippen molar-refractivity contribution in [2.24, 2.45) is 5.41 Å². The minimum absolute atomic E-state index is 0.00876. The predicted octanol–water partition coefficient (Wildman–Crippen LogP) is 1.63. The first kappa shape index (κ1) is 9.47. The van der Waals surface area contributed by atoms with Gasteiger partial charge in [-0.05, 0) is 31.1 Å². The molecule has 1 saturated carbocycles. The van der Waals surface area contributed by atoms with Gasteiger partial charge in [0.2, 0.25) is 0 Å². The fraction of sp³-hybridized carbons (Fsp3) is 1.00. The van der Waals surface area contributed by atoms with Gasteiger partial charge < -0.3 is 5.11 Å². The van der Waals surface area contributed by atoms with E-state index in [2.05, 4.69) is 18.7 Å². The maximum atomic E-state index is 9.38. The lowest BCUT2D eigenvalue weighted by molar-refractivity contribution is -0.0310. The summed E-state index contributed by atoms with van der Waals surface area (Å²) in [7, 11) is 0. The molecule has 2 heteroatoms. The van der Waals surface area contributed by atoms with E-state index in [-0.39, 0.29) is 6.10 Å². The minimum atomic E-state index is -0.00876. The topological polar surface area (TPSA) is 23.5 Å². The van der Waals surface area contributed by atoms with E-state index in [4.69, 9.17) is 0 Å². The summed E-state index contributed by atoms with van der Waals surface area (Å²) in [6.45, 7) is 7.18. The third-order valence-electron chi connectivity index (χ3n) is 3.44. The van der Waals surface area contributed by atoms with Gasteiger partial charge in [-0.1, -0.05) is 13.8 Å². The molecule has 0 aromatic carbocycles. The molecule has 0 spiro atoms. The van der Waals surface area contributed by atoms with Gasteiger partial charge in [-0.3, -0.25) is 4.90 Å². The molecule has 1 heterocycles. The highest BCUT2D eigenvalue weighted by Crippen LogP contribution is 2.34. The van der Waals surface area contributed by atoms with Crippen LogP contribution in [0.25, 0.3) is 0 Å². The average molecular weight is 183 g/mol. The molecule has 2 fully saturated rings. The Hall–Kier alpha value is -0.0800. The molecule has 0 radical (unpaired) electrons. The maximum absolute atomic E-state index is 9.38. The van der Waals surface area contributed by atoms with Gasteiger partial charge in [0.25, 0.3) is 0 Å². The number of aliphatic hydroxyl groups excluding tert-OH is 1. The molecule has 0 bridgehead atoms. The Morgan fingerprint density at radius 1 is 1.08 bits per heavy atom. The summed E-state index contributed by atoms with van der Waals surface area (Å²) in [5.74, 6) is 0. The fourth-order valence-corrected chi connectivity index (χ4v) is 2.73. The molecule has 2 nitrogen and oxygen atoms in total. The molecule has 1 saturated heterocycles. The molecule has 1 N–H and O–H groups in total. The lowest BCUT2D eigenvalue weighted by atomic mass is 9.80. The maximum Gasteiger partial charge on any atom is 0.0541 e. The monoisotopic (exact) mass is 183 g/mol. The summed E-state index contributed by atoms with van der Waals surface area (Å²) < 4.78 is 0. The van der Waals surface area contributed by atoms with Crippen LogP contribution in [0, 0.1) is 5.41 Å². The van der Waals surface area contributed by atoms with Gasteiger partial charge in [-0.15, -0.1) is 0 Å². The molecular formula is C11H21NO. The zero-order chi connectivity index (χ0) is 9.47. The summed E-state index contributed by atoms with van der Waals surface area (Å²) >= 11 is 0. The average Bonchev–Trinajstić information content (AvgIpc) is 2.01. The summed E-state index contributed by atoms with van der Waals surface area (Å²) in [5, 5.41) is 9.38. The summed E-state index contributed by atoms with van der Waals surface area (Å²) in [6, 6.07) is 0.774. The third-order valence-corrected chi connectivity index (χ3v) is 3.44. The van der Waals surface area contributed by atoms with E-state index >= 15 is 0 Å². The van der Waals surface area contributed by atoms with E-state index in [0.29, 0.717) is 5.41 Å². The Morgan fingerprint density at radius 3 is 2.08 bits per heavy atom. The molecule has 2 rings (SSSR count). The quantitative estimate of drug-likeness (QED) is 0.668. The van der Waals surface area contributed by atoms with Crippen LogP contribution in [0.2, 0.25) is 0 Å². The van der Waals surface area contributed by atoms with Crippen molar-refractivity contribution in [3.05, 3.63) is 0 Å². The Labute approximate surface area is 80.9 Å². The lowest BCUT2D eigenvalue weighted by Crippen LogP contribution is -2.57. The molecule has 13 heavy (non-hydrogen) atoms. The normalized spacial score (nSPS) is 39.9. The van der Waals surface area contributed by atoms with Crippen LogP contribution in [-0.2, 0) is 0 Å². The zero-order valence-corrected chi connectivity index (χ0v) is 8.79. The number of likely N-dealkylation sites (tertiary alicyclic amines) is 1. The highest BCUT2D eigenvalue weighted by atomic mass is 16.3. The van der Waals surface area contributed by atoms with Crippen molar-refractivity contribution in [1.29, 1.82) is 0 Å². The van der Waals surface area contributed by atoms with Crippen LogP contribution in [0.4, 0.5) is 0 Å². The van der Waals surface area contributed by atoms with E-state index < -0.39 is 0 Å². The SMILES string of the molecule is CC1(C)CN(C2CCC(O)CC2)C1. The highest BCUT2D eigenvalue weighted by Gasteiger charge is 2.38. The molecule has 0 unspecified atom stereocenters. The van der Waals surface area contributed by atoms with Crippen molar-refractivity contribution < 1.29 is 5.11 Å². The van der Waals surface area contributed by atoms with Crippen LogP contribution in [0.5, 0.6) is 0 Å². The number of aliphatic hydroxyl groups is 1. The molecule has 0 aromatic rings. The van der Waals surface area contributed by atoms with Gasteiger partial charge in [-0.25, -0.2) is 0 Å². The zero-order valence-electron chi connectivity index (χ0n) is 8.79. The number of nitrogens with zero attached hydrogens (tertiary/aromatic N) is 1. The van der Waals surface area contributed by atoms with Crippen LogP contribution in [0.1, 0.15) is 39.5 Å². The Bertz CT molecular complexity index is 175. The van der Waals surface area contributed by atoms with Crippen LogP contribution in [0.3, 0.4) is 0 Å². The van der Waals surface area contributed by atoms with E-state index in [1.165, 1.54) is 25.9 Å². The summed E-state index contributed by atoms with van der Waals surface area (Å²) in [6.07, 6.45) is 4.43. The molecule has 2 aliphatic rings. The van der Waals surface area contributed by atoms with E-state index in [1.807, 2.05) is 0 Å². The van der Waals surface area contributed by atoms with Crippen LogP contribution in [0.15, 0.2) is 0 Å². The van der Waals surface area contributed by atoms with Crippen molar-refractivity contribution >= 4 is 0 Å². The van der Waals surface area contributed by atoms with Gasteiger partial charge in [0.05, 0.1) is 6.10 Å². The second kappa shape index (κ2) is 3.25. The first-order valence-electron chi connectivity index (χ1n) is 5.49. The largest absolute Gasteiger partial charge is 0.393 e. The highest BCUT2D eigenvalue weighted by molar-refractivity contribution is 4.93. The van der Waals surface area contributed by atoms with Crippen LogP contribution < -0.4 is 0 Å². The van der Waals surface area contributed by atoms with Crippen molar-refractivity contribution in [2.75, 3.05) is 13.1 Å². The van der Waals surface area contributed by atoms with Crippen molar-refractivity contribution in [3.63, 3.8) is 0 Å². The van der Waals surface area contributed by atoms with Gasteiger partial charge in [0.15, 0.2) is 0 Å². The van der Waals surface area contributed by atoms with E-state index in [1.54, 1.807) is 0 Å². The third kappa shape index (κ3) is 2.05. The minimum Gasteiger partial charge on any atom is -0.393 e. The van der Waals surface area contributed by atoms with Crippen LogP contribution >= 0.6 is 0 Å². The fourth-order valence-electron chi connectivity index (χ4n) is 2.73. The lowest BCUT2D eigenvalue weighted by Gasteiger charge is -2.51. The number of hydrogen-bond acceptors (Lipinski definition) is 2. The molecule has 0 atom stereocenters. The first-order valence-corrected chi connectivity index (χ1v) is 5.49. The predicted molar refractivity (Wildman–Crippen MR) is 53.6 cm³/mol. The van der Waals surface area contributed by atoms with Gasteiger partial charge in [-0.2, -0.15) is 0 Å². The second-order valence-electron chi connectivity index (χ2n) is 5.53. The molecular weight excluding hydrogens is 162 g/mol. The van der Waals surface area contributed by atoms with Gasteiger partial charge >= 0.3 is 0 Å². The van der Waals surface area contributed by atoms with Crippen molar-refractivity contribution in [2.45, 2.75) is 51.7 Å². The van der Waals surface area contributed by atoms with Crippen molar-refractivity contribution in [3.8, 4) is 0 Å². The Morgan fingerprint density at radius 2 is 1.62 bits per heavy atom. The van der Waals surface area contributed by atoms with Gasteiger partial charge in [0, 0.05) is 19.1 Å². The Balaban J connectivity index is 1.78. The van der Waals surface area contributed by atoms with E-state index in [9.17, 15) is 5.11 Å². The number of hydrogen-bond donors (Lipinski definition) is 1. The standard InChI is InChI=1S/C11H21NO/c1-11(2)7-12(8-11)9-3-5-10(13)6-4-9/h9-10,13H,3-8H2,1-2H3. The molecule has 1 aliphatic heterocycles. The van der Waals surface area contributed by atoms with E-state index in [0.717, 1.165) is 18.9 Å².